The van der Waals surface area contributed by atoms with Crippen molar-refractivity contribution in [2.45, 2.75) is 46.7 Å². The number of benzene rings is 2. The molecule has 1 aliphatic rings. The number of nitrogens with zero attached hydrogens (tertiary/aromatic N) is 3. The molecule has 4 aromatic rings. The third-order valence-electron chi connectivity index (χ3n) is 7.74. The van der Waals surface area contributed by atoms with Gasteiger partial charge in [-0.1, -0.05) is 18.2 Å². The van der Waals surface area contributed by atoms with Gasteiger partial charge >= 0.3 is 0 Å². The summed E-state index contributed by atoms with van der Waals surface area (Å²) < 4.78 is 7.31. The molecule has 0 spiro atoms. The molecule has 0 bridgehead atoms. The Morgan fingerprint density at radius 1 is 1.02 bits per heavy atom. The molecule has 2 aromatic carbocycles. The molecule has 0 radical (unpaired) electrons. The Morgan fingerprint density at radius 3 is 2.52 bits per heavy atom. The highest BCUT2D eigenvalue weighted by Gasteiger charge is 2.42. The molecule has 7 nitrogen and oxygen atoms in total. The predicted molar refractivity (Wildman–Crippen MR) is 164 cm³/mol. The summed E-state index contributed by atoms with van der Waals surface area (Å²) >= 11 is 5.97. The first-order valence-corrected chi connectivity index (χ1v) is 13.8. The van der Waals surface area contributed by atoms with Gasteiger partial charge in [-0.15, -0.1) is 0 Å². The van der Waals surface area contributed by atoms with Crippen molar-refractivity contribution in [3.8, 4) is 5.69 Å². The van der Waals surface area contributed by atoms with Crippen LogP contribution in [0, 0.1) is 34.6 Å². The summed E-state index contributed by atoms with van der Waals surface area (Å²) in [6.45, 7) is 10.6. The van der Waals surface area contributed by atoms with Crippen molar-refractivity contribution < 1.29 is 9.53 Å². The van der Waals surface area contributed by atoms with Crippen molar-refractivity contribution in [1.29, 1.82) is 0 Å². The lowest BCUT2D eigenvalue weighted by Crippen LogP contribution is -2.29. The lowest BCUT2D eigenvalue weighted by atomic mass is 9.96. The number of aryl methyl sites for hydroxylation is 3. The zero-order chi connectivity index (χ0) is 28.6. The van der Waals surface area contributed by atoms with E-state index in [2.05, 4.69) is 78.1 Å². The number of anilines is 2. The number of amides is 1. The van der Waals surface area contributed by atoms with Gasteiger partial charge in [0.05, 0.1) is 17.8 Å². The summed E-state index contributed by atoms with van der Waals surface area (Å²) in [7, 11) is 1.51. The molecule has 1 aliphatic heterocycles. The predicted octanol–water partition coefficient (Wildman–Crippen LogP) is 6.18. The van der Waals surface area contributed by atoms with Crippen LogP contribution in [0.5, 0.6) is 0 Å². The second kappa shape index (κ2) is 11.2. The van der Waals surface area contributed by atoms with Crippen molar-refractivity contribution in [3.05, 3.63) is 106 Å². The van der Waals surface area contributed by atoms with E-state index >= 15 is 0 Å². The van der Waals surface area contributed by atoms with Crippen LogP contribution >= 0.6 is 12.2 Å². The number of hydrogen-bond donors (Lipinski definition) is 2. The average molecular weight is 554 g/mol. The van der Waals surface area contributed by atoms with Crippen molar-refractivity contribution in [2.75, 3.05) is 23.9 Å². The molecule has 0 saturated carbocycles. The van der Waals surface area contributed by atoms with E-state index in [9.17, 15) is 4.79 Å². The molecule has 206 valence electrons. The van der Waals surface area contributed by atoms with Crippen LogP contribution in [0.25, 0.3) is 5.69 Å². The fourth-order valence-corrected chi connectivity index (χ4v) is 5.99. The summed E-state index contributed by atoms with van der Waals surface area (Å²) in [5.41, 5.74) is 10.8. The molecule has 1 saturated heterocycles. The third kappa shape index (κ3) is 5.00. The summed E-state index contributed by atoms with van der Waals surface area (Å²) in [6, 6.07) is 20.4. The molecule has 0 unspecified atom stereocenters. The number of hydrogen-bond acceptors (Lipinski definition) is 4. The molecular formula is C32H35N5O2S. The maximum Gasteiger partial charge on any atom is 0.250 e. The summed E-state index contributed by atoms with van der Waals surface area (Å²) in [5, 5.41) is 7.12. The van der Waals surface area contributed by atoms with E-state index in [1.54, 1.807) is 0 Å². The molecule has 1 amide bonds. The van der Waals surface area contributed by atoms with Gasteiger partial charge in [0.25, 0.3) is 0 Å². The highest BCUT2D eigenvalue weighted by atomic mass is 32.1. The molecule has 2 aromatic heterocycles. The Kier molecular flexibility index (Phi) is 7.74. The van der Waals surface area contributed by atoms with Crippen molar-refractivity contribution in [3.63, 3.8) is 0 Å². The Hall–Kier alpha value is -4.01. The first-order chi connectivity index (χ1) is 19.2. The van der Waals surface area contributed by atoms with E-state index < -0.39 is 0 Å². The highest BCUT2D eigenvalue weighted by molar-refractivity contribution is 7.80. The van der Waals surface area contributed by atoms with Gasteiger partial charge in [-0.2, -0.15) is 0 Å². The van der Waals surface area contributed by atoms with Gasteiger partial charge in [-0.05, 0) is 112 Å². The molecule has 8 heteroatoms. The molecule has 0 aliphatic carbocycles. The number of carbonyl (C=O) groups excluding carboxylic acids is 1. The Labute approximate surface area is 241 Å². The van der Waals surface area contributed by atoms with E-state index in [0.29, 0.717) is 5.11 Å². The summed E-state index contributed by atoms with van der Waals surface area (Å²) in [5.74, 6) is -0.191. The van der Waals surface area contributed by atoms with Crippen molar-refractivity contribution >= 4 is 34.6 Å². The minimum Gasteiger partial charge on any atom is -0.375 e. The quantitative estimate of drug-likeness (QED) is 0.267. The normalized spacial score (nSPS) is 16.8. The van der Waals surface area contributed by atoms with Gasteiger partial charge in [-0.25, -0.2) is 0 Å². The highest BCUT2D eigenvalue weighted by Crippen LogP contribution is 2.44. The van der Waals surface area contributed by atoms with Crippen LogP contribution in [0.2, 0.25) is 0 Å². The summed E-state index contributed by atoms with van der Waals surface area (Å²) in [6.07, 6.45) is 1.82. The lowest BCUT2D eigenvalue weighted by Gasteiger charge is -2.29. The van der Waals surface area contributed by atoms with Crippen LogP contribution in [0.15, 0.2) is 66.9 Å². The fourth-order valence-electron chi connectivity index (χ4n) is 5.64. The van der Waals surface area contributed by atoms with Crippen molar-refractivity contribution in [2.24, 2.45) is 0 Å². The van der Waals surface area contributed by atoms with Gasteiger partial charge in [-0.3, -0.25) is 9.78 Å². The Morgan fingerprint density at radius 2 is 1.82 bits per heavy atom. The number of nitrogens with one attached hydrogen (secondary N) is 2. The van der Waals surface area contributed by atoms with E-state index in [-0.39, 0.29) is 24.6 Å². The van der Waals surface area contributed by atoms with Crippen LogP contribution in [-0.2, 0) is 9.53 Å². The van der Waals surface area contributed by atoms with Gasteiger partial charge in [0.1, 0.15) is 6.61 Å². The minimum absolute atomic E-state index is 0.00514. The molecule has 1 fully saturated rings. The molecule has 5 rings (SSSR count). The topological polar surface area (TPSA) is 71.4 Å². The van der Waals surface area contributed by atoms with Crippen LogP contribution < -0.4 is 15.5 Å². The Bertz CT molecular complexity index is 1580. The third-order valence-corrected chi connectivity index (χ3v) is 8.06. The standard InChI is InChI=1S/C32H35N5O2S/c1-19-10-9-12-28(22(19)4)36-21(3)17-25(23(36)5)31-30(27-11-7-8-15-33-27)35-32(40)37(31)24-13-14-26(20(2)16-24)34-29(38)18-39-6/h7-17,30-31H,18H2,1-6H3,(H,34,38)(H,35,40)/t30-,31+/m1/s1. The zero-order valence-electron chi connectivity index (χ0n) is 23.8. The van der Waals surface area contributed by atoms with E-state index in [1.807, 2.05) is 43.5 Å². The number of carbonyl (C=O) groups is 1. The molecule has 40 heavy (non-hydrogen) atoms. The van der Waals surface area contributed by atoms with Crippen LogP contribution in [-0.4, -0.2) is 34.3 Å². The maximum atomic E-state index is 12.1. The smallest absolute Gasteiger partial charge is 0.250 e. The SMILES string of the molecule is COCC(=O)Nc1ccc(N2C(=S)N[C@H](c3ccccn3)[C@@H]2c2cc(C)n(-c3cccc(C)c3C)c2C)cc1C. The maximum absolute atomic E-state index is 12.1. The minimum atomic E-state index is -0.191. The molecule has 2 N–H and O–H groups in total. The number of thiocarbonyl (C=S) groups is 1. The molecular weight excluding hydrogens is 518 g/mol. The van der Waals surface area contributed by atoms with Gasteiger partial charge in [0, 0.05) is 41.8 Å². The fraction of sp³-hybridized carbons (Fsp3) is 0.281. The van der Waals surface area contributed by atoms with E-state index in [4.69, 9.17) is 21.9 Å². The van der Waals surface area contributed by atoms with Crippen LogP contribution in [0.3, 0.4) is 0 Å². The molecule has 3 heterocycles. The Balaban J connectivity index is 1.63. The molecule has 2 atom stereocenters. The number of ether oxygens (including phenoxy) is 1. The van der Waals surface area contributed by atoms with E-state index in [0.717, 1.165) is 34.0 Å². The summed E-state index contributed by atoms with van der Waals surface area (Å²) in [4.78, 5) is 19.0. The van der Waals surface area contributed by atoms with Gasteiger partial charge in [0.2, 0.25) is 5.91 Å². The number of methoxy groups -OCH3 is 1. The lowest BCUT2D eigenvalue weighted by molar-refractivity contribution is -0.119. The van der Waals surface area contributed by atoms with Gasteiger partial charge in [0.15, 0.2) is 5.11 Å². The second-order valence-corrected chi connectivity index (χ2v) is 10.7. The number of pyridine rings is 1. The van der Waals surface area contributed by atoms with Crippen LogP contribution in [0.4, 0.5) is 11.4 Å². The number of aromatic nitrogens is 2. The first-order valence-electron chi connectivity index (χ1n) is 13.4. The van der Waals surface area contributed by atoms with Gasteiger partial charge < -0.3 is 24.8 Å². The monoisotopic (exact) mass is 553 g/mol. The largest absolute Gasteiger partial charge is 0.375 e. The second-order valence-electron chi connectivity index (χ2n) is 10.4. The first kappa shape index (κ1) is 27.6. The zero-order valence-corrected chi connectivity index (χ0v) is 24.6. The number of rotatable bonds is 7. The van der Waals surface area contributed by atoms with Crippen LogP contribution in [0.1, 0.15) is 51.4 Å². The average Bonchev–Trinajstić information content (AvgIpc) is 3.42. The van der Waals surface area contributed by atoms with Crippen molar-refractivity contribution in [1.82, 2.24) is 14.9 Å². The van der Waals surface area contributed by atoms with E-state index in [1.165, 1.54) is 29.5 Å².